The van der Waals surface area contributed by atoms with Gasteiger partial charge >= 0.3 is 0 Å². The fourth-order valence-electron chi connectivity index (χ4n) is 2.46. The van der Waals surface area contributed by atoms with Gasteiger partial charge < -0.3 is 15.1 Å². The molecular formula is C14H21N7. The van der Waals surface area contributed by atoms with Crippen LogP contribution in [-0.4, -0.2) is 57.4 Å². The normalized spacial score (nSPS) is 19.8. The summed E-state index contributed by atoms with van der Waals surface area (Å²) in [6.45, 7) is 5.27. The van der Waals surface area contributed by atoms with Gasteiger partial charge in [0.15, 0.2) is 0 Å². The SMILES string of the molecule is CC1CN(c2ccnc(Nc3cnn(C)c3)n2)CCN1C. The first-order valence-electron chi connectivity index (χ1n) is 7.16. The number of hydrogen-bond acceptors (Lipinski definition) is 6. The molecule has 21 heavy (non-hydrogen) atoms. The molecule has 2 aromatic rings. The third-order valence-electron chi connectivity index (χ3n) is 3.89. The van der Waals surface area contributed by atoms with Gasteiger partial charge in [0.1, 0.15) is 5.82 Å². The molecule has 0 radical (unpaired) electrons. The molecule has 1 saturated heterocycles. The number of nitrogens with one attached hydrogen (secondary N) is 1. The lowest BCUT2D eigenvalue weighted by atomic mass is 10.2. The average molecular weight is 287 g/mol. The Labute approximate surface area is 124 Å². The number of nitrogens with zero attached hydrogens (tertiary/aromatic N) is 6. The predicted octanol–water partition coefficient (Wildman–Crippen LogP) is 1.09. The number of likely N-dealkylation sites (N-methyl/N-ethyl adjacent to an activating group) is 1. The van der Waals surface area contributed by atoms with Crippen molar-refractivity contribution in [2.24, 2.45) is 7.05 Å². The number of aryl methyl sites for hydroxylation is 1. The van der Waals surface area contributed by atoms with Gasteiger partial charge in [-0.25, -0.2) is 4.98 Å². The van der Waals surface area contributed by atoms with Crippen molar-refractivity contribution < 1.29 is 0 Å². The Bertz CT molecular complexity index is 609. The van der Waals surface area contributed by atoms with Gasteiger partial charge in [0.25, 0.3) is 0 Å². The Balaban J connectivity index is 1.74. The average Bonchev–Trinajstić information content (AvgIpc) is 2.87. The zero-order valence-electron chi connectivity index (χ0n) is 12.7. The maximum Gasteiger partial charge on any atom is 0.229 e. The maximum atomic E-state index is 4.61. The number of hydrogen-bond donors (Lipinski definition) is 1. The summed E-state index contributed by atoms with van der Waals surface area (Å²) in [6.07, 6.45) is 5.45. The van der Waals surface area contributed by atoms with Crippen molar-refractivity contribution in [3.8, 4) is 0 Å². The fourth-order valence-corrected chi connectivity index (χ4v) is 2.46. The topological polar surface area (TPSA) is 62.1 Å². The second kappa shape index (κ2) is 5.69. The molecule has 1 aliphatic rings. The Kier molecular flexibility index (Phi) is 3.74. The second-order valence-electron chi connectivity index (χ2n) is 5.54. The lowest BCUT2D eigenvalue weighted by Crippen LogP contribution is -2.50. The highest BCUT2D eigenvalue weighted by molar-refractivity contribution is 5.53. The summed E-state index contributed by atoms with van der Waals surface area (Å²) < 4.78 is 1.74. The Morgan fingerprint density at radius 1 is 1.29 bits per heavy atom. The monoisotopic (exact) mass is 287 g/mol. The minimum Gasteiger partial charge on any atom is -0.354 e. The standard InChI is InChI=1S/C14H21N7/c1-11-9-21(7-6-19(11)2)13-4-5-15-14(18-13)17-12-8-16-20(3)10-12/h4-5,8,10-11H,6-7,9H2,1-3H3,(H,15,17,18). The van der Waals surface area contributed by atoms with Crippen LogP contribution in [0.5, 0.6) is 0 Å². The van der Waals surface area contributed by atoms with E-state index in [1.165, 1.54) is 0 Å². The number of rotatable bonds is 3. The fraction of sp³-hybridized carbons (Fsp3) is 0.500. The molecule has 0 aromatic carbocycles. The Morgan fingerprint density at radius 2 is 2.14 bits per heavy atom. The number of piperazine rings is 1. The summed E-state index contributed by atoms with van der Waals surface area (Å²) in [5, 5.41) is 7.31. The molecule has 0 amide bonds. The zero-order valence-corrected chi connectivity index (χ0v) is 12.7. The highest BCUT2D eigenvalue weighted by Crippen LogP contribution is 2.18. The molecule has 3 rings (SSSR count). The van der Waals surface area contributed by atoms with E-state index in [-0.39, 0.29) is 0 Å². The van der Waals surface area contributed by atoms with E-state index in [0.717, 1.165) is 31.1 Å². The summed E-state index contributed by atoms with van der Waals surface area (Å²) in [4.78, 5) is 13.6. The van der Waals surface area contributed by atoms with Gasteiger partial charge in [-0.1, -0.05) is 0 Å². The summed E-state index contributed by atoms with van der Waals surface area (Å²) in [6, 6.07) is 2.50. The highest BCUT2D eigenvalue weighted by atomic mass is 15.3. The first kappa shape index (κ1) is 13.8. The van der Waals surface area contributed by atoms with E-state index in [1.54, 1.807) is 17.1 Å². The van der Waals surface area contributed by atoms with Crippen molar-refractivity contribution in [1.82, 2.24) is 24.6 Å². The Hall–Kier alpha value is -2.15. The van der Waals surface area contributed by atoms with Crippen LogP contribution >= 0.6 is 0 Å². The quantitative estimate of drug-likeness (QED) is 0.912. The van der Waals surface area contributed by atoms with Crippen molar-refractivity contribution in [3.05, 3.63) is 24.7 Å². The summed E-state index contributed by atoms with van der Waals surface area (Å²) in [5.41, 5.74) is 0.890. The zero-order chi connectivity index (χ0) is 14.8. The van der Waals surface area contributed by atoms with Crippen molar-refractivity contribution in [1.29, 1.82) is 0 Å². The third kappa shape index (κ3) is 3.13. The van der Waals surface area contributed by atoms with Gasteiger partial charge in [-0.2, -0.15) is 10.1 Å². The van der Waals surface area contributed by atoms with Crippen LogP contribution < -0.4 is 10.2 Å². The van der Waals surface area contributed by atoms with E-state index in [2.05, 4.69) is 44.2 Å². The molecule has 1 unspecified atom stereocenters. The summed E-state index contributed by atoms with van der Waals surface area (Å²) in [7, 11) is 4.05. The molecule has 1 aliphatic heterocycles. The van der Waals surface area contributed by atoms with Crippen LogP contribution in [0.3, 0.4) is 0 Å². The number of aromatic nitrogens is 4. The molecule has 7 nitrogen and oxygen atoms in total. The molecule has 1 N–H and O–H groups in total. The molecule has 112 valence electrons. The second-order valence-corrected chi connectivity index (χ2v) is 5.54. The minimum atomic E-state index is 0.531. The molecular weight excluding hydrogens is 266 g/mol. The largest absolute Gasteiger partial charge is 0.354 e. The first-order valence-corrected chi connectivity index (χ1v) is 7.16. The van der Waals surface area contributed by atoms with Crippen LogP contribution in [0.1, 0.15) is 6.92 Å². The van der Waals surface area contributed by atoms with E-state index in [4.69, 9.17) is 0 Å². The highest BCUT2D eigenvalue weighted by Gasteiger charge is 2.21. The number of anilines is 3. The van der Waals surface area contributed by atoms with Crippen molar-refractivity contribution in [3.63, 3.8) is 0 Å². The molecule has 7 heteroatoms. The smallest absolute Gasteiger partial charge is 0.229 e. The molecule has 1 fully saturated rings. The van der Waals surface area contributed by atoms with E-state index >= 15 is 0 Å². The van der Waals surface area contributed by atoms with Gasteiger partial charge in [-0.15, -0.1) is 0 Å². The van der Waals surface area contributed by atoms with Crippen LogP contribution in [0.25, 0.3) is 0 Å². The van der Waals surface area contributed by atoms with Gasteiger partial charge in [0.2, 0.25) is 5.95 Å². The van der Waals surface area contributed by atoms with Crippen LogP contribution in [0.15, 0.2) is 24.7 Å². The summed E-state index contributed by atoms with van der Waals surface area (Å²) >= 11 is 0. The maximum absolute atomic E-state index is 4.61. The minimum absolute atomic E-state index is 0.531. The predicted molar refractivity (Wildman–Crippen MR) is 82.8 cm³/mol. The van der Waals surface area contributed by atoms with Crippen LogP contribution in [-0.2, 0) is 7.05 Å². The van der Waals surface area contributed by atoms with Crippen molar-refractivity contribution in [2.75, 3.05) is 36.9 Å². The van der Waals surface area contributed by atoms with Crippen molar-refractivity contribution >= 4 is 17.5 Å². The molecule has 1 atom stereocenters. The van der Waals surface area contributed by atoms with Gasteiger partial charge in [-0.3, -0.25) is 4.68 Å². The molecule has 0 spiro atoms. The lowest BCUT2D eigenvalue weighted by molar-refractivity contribution is 0.233. The van der Waals surface area contributed by atoms with Crippen LogP contribution in [0.4, 0.5) is 17.5 Å². The van der Waals surface area contributed by atoms with Gasteiger partial charge in [0.05, 0.1) is 11.9 Å². The molecule has 0 bridgehead atoms. The molecule has 0 saturated carbocycles. The Morgan fingerprint density at radius 3 is 2.86 bits per heavy atom. The van der Waals surface area contributed by atoms with Gasteiger partial charge in [-0.05, 0) is 20.0 Å². The molecule has 0 aliphatic carbocycles. The third-order valence-corrected chi connectivity index (χ3v) is 3.89. The lowest BCUT2D eigenvalue weighted by Gasteiger charge is -2.38. The van der Waals surface area contributed by atoms with Crippen molar-refractivity contribution in [2.45, 2.75) is 13.0 Å². The van der Waals surface area contributed by atoms with Crippen LogP contribution in [0, 0.1) is 0 Å². The molecule has 3 heterocycles. The first-order chi connectivity index (χ1) is 10.1. The van der Waals surface area contributed by atoms with Crippen LogP contribution in [0.2, 0.25) is 0 Å². The molecule has 2 aromatic heterocycles. The van der Waals surface area contributed by atoms with E-state index < -0.39 is 0 Å². The summed E-state index contributed by atoms with van der Waals surface area (Å²) in [5.74, 6) is 1.57. The van der Waals surface area contributed by atoms with E-state index in [9.17, 15) is 0 Å². The van der Waals surface area contributed by atoms with Gasteiger partial charge in [0, 0.05) is 45.1 Å². The van der Waals surface area contributed by atoms with E-state index in [1.807, 2.05) is 19.3 Å². The van der Waals surface area contributed by atoms with E-state index in [0.29, 0.717) is 12.0 Å².